The van der Waals surface area contributed by atoms with E-state index in [4.69, 9.17) is 15.2 Å². The fraction of sp³-hybridized carbons (Fsp3) is 0.933. The quantitative estimate of drug-likeness (QED) is 0.226. The summed E-state index contributed by atoms with van der Waals surface area (Å²) in [5, 5.41) is 3.17. The largest absolute Gasteiger partial charge is 0.382 e. The predicted molar refractivity (Wildman–Crippen MR) is 102 cm³/mol. The summed E-state index contributed by atoms with van der Waals surface area (Å²) >= 11 is 0. The zero-order valence-corrected chi connectivity index (χ0v) is 16.4. The van der Waals surface area contributed by atoms with E-state index in [0.717, 1.165) is 39.1 Å². The van der Waals surface area contributed by atoms with E-state index < -0.39 is 0 Å². The standard InChI is InChI=1S/C15H32N4O2.HI/c1-3-19-9-6-7-14(19)13-18-15(16)17-8-4-5-10-21-12-11-20-2;/h14H,3-13H2,1-2H3,(H3,16,17,18);1H. The molecule has 0 aromatic heterocycles. The smallest absolute Gasteiger partial charge is 0.188 e. The Hall–Kier alpha value is -0.120. The van der Waals surface area contributed by atoms with Gasteiger partial charge in [-0.1, -0.05) is 6.92 Å². The van der Waals surface area contributed by atoms with Crippen molar-refractivity contribution in [2.24, 2.45) is 10.7 Å². The van der Waals surface area contributed by atoms with Crippen LogP contribution >= 0.6 is 24.0 Å². The van der Waals surface area contributed by atoms with Crippen molar-refractivity contribution in [1.82, 2.24) is 10.2 Å². The molecule has 3 N–H and O–H groups in total. The molecule has 7 heteroatoms. The number of guanidine groups is 1. The Balaban J connectivity index is 0.00000441. The van der Waals surface area contributed by atoms with Crippen molar-refractivity contribution in [3.8, 4) is 0 Å². The molecule has 1 rings (SSSR count). The number of likely N-dealkylation sites (N-methyl/N-ethyl adjacent to an activating group) is 1. The lowest BCUT2D eigenvalue weighted by molar-refractivity contribution is 0.0689. The second-order valence-electron chi connectivity index (χ2n) is 5.39. The summed E-state index contributed by atoms with van der Waals surface area (Å²) in [6.45, 7) is 8.28. The molecule has 0 radical (unpaired) electrons. The van der Waals surface area contributed by atoms with Gasteiger partial charge in [-0.25, -0.2) is 0 Å². The summed E-state index contributed by atoms with van der Waals surface area (Å²) in [4.78, 5) is 6.94. The van der Waals surface area contributed by atoms with E-state index in [-0.39, 0.29) is 24.0 Å². The average molecular weight is 428 g/mol. The number of hydrogen-bond acceptors (Lipinski definition) is 4. The van der Waals surface area contributed by atoms with Gasteiger partial charge in [0.2, 0.25) is 0 Å². The number of ether oxygens (including phenoxy) is 2. The third kappa shape index (κ3) is 9.81. The van der Waals surface area contributed by atoms with Gasteiger partial charge in [0.25, 0.3) is 0 Å². The maximum atomic E-state index is 5.89. The van der Waals surface area contributed by atoms with Gasteiger partial charge in [0.15, 0.2) is 5.96 Å². The van der Waals surface area contributed by atoms with Crippen LogP contribution in [-0.4, -0.2) is 70.0 Å². The summed E-state index contributed by atoms with van der Waals surface area (Å²) in [6.07, 6.45) is 4.58. The minimum Gasteiger partial charge on any atom is -0.382 e. The Kier molecular flexibility index (Phi) is 14.4. The fourth-order valence-corrected chi connectivity index (χ4v) is 2.57. The van der Waals surface area contributed by atoms with Crippen molar-refractivity contribution in [2.45, 2.75) is 38.6 Å². The van der Waals surface area contributed by atoms with E-state index in [0.29, 0.717) is 25.2 Å². The Morgan fingerprint density at radius 1 is 1.32 bits per heavy atom. The van der Waals surface area contributed by atoms with E-state index in [1.807, 2.05) is 0 Å². The van der Waals surface area contributed by atoms with Crippen LogP contribution in [0.4, 0.5) is 0 Å². The molecule has 1 heterocycles. The predicted octanol–water partition coefficient (Wildman–Crippen LogP) is 1.44. The van der Waals surface area contributed by atoms with E-state index >= 15 is 0 Å². The SMILES string of the molecule is CCN1CCCC1CN=C(N)NCCCCOCCOC.I. The number of halogens is 1. The van der Waals surface area contributed by atoms with Crippen LogP contribution in [0.5, 0.6) is 0 Å². The molecule has 0 bridgehead atoms. The second-order valence-corrected chi connectivity index (χ2v) is 5.39. The molecule has 0 aromatic rings. The lowest BCUT2D eigenvalue weighted by Crippen LogP contribution is -2.36. The number of nitrogens with zero attached hydrogens (tertiary/aromatic N) is 2. The fourth-order valence-electron chi connectivity index (χ4n) is 2.57. The third-order valence-electron chi connectivity index (χ3n) is 3.83. The van der Waals surface area contributed by atoms with Crippen LogP contribution in [0.2, 0.25) is 0 Å². The van der Waals surface area contributed by atoms with Gasteiger partial charge in [-0.2, -0.15) is 0 Å². The highest BCUT2D eigenvalue weighted by molar-refractivity contribution is 14.0. The molecule has 1 saturated heterocycles. The van der Waals surface area contributed by atoms with Gasteiger partial charge >= 0.3 is 0 Å². The van der Waals surface area contributed by atoms with E-state index in [9.17, 15) is 0 Å². The summed E-state index contributed by atoms with van der Waals surface area (Å²) < 4.78 is 10.3. The van der Waals surface area contributed by atoms with Crippen molar-refractivity contribution in [1.29, 1.82) is 0 Å². The van der Waals surface area contributed by atoms with E-state index in [2.05, 4.69) is 22.1 Å². The van der Waals surface area contributed by atoms with Crippen LogP contribution in [0, 0.1) is 0 Å². The third-order valence-corrected chi connectivity index (χ3v) is 3.83. The van der Waals surface area contributed by atoms with Crippen LogP contribution in [0.15, 0.2) is 4.99 Å². The summed E-state index contributed by atoms with van der Waals surface area (Å²) in [7, 11) is 1.68. The first-order valence-electron chi connectivity index (χ1n) is 8.12. The first-order chi connectivity index (χ1) is 10.3. The zero-order chi connectivity index (χ0) is 15.3. The maximum Gasteiger partial charge on any atom is 0.188 e. The molecule has 0 spiro atoms. The van der Waals surface area contributed by atoms with Crippen LogP contribution in [0.3, 0.4) is 0 Å². The van der Waals surface area contributed by atoms with Crippen LogP contribution in [-0.2, 0) is 9.47 Å². The maximum absolute atomic E-state index is 5.89. The molecular weight excluding hydrogens is 395 g/mol. The molecule has 1 aliphatic heterocycles. The lowest BCUT2D eigenvalue weighted by atomic mass is 10.2. The van der Waals surface area contributed by atoms with Gasteiger partial charge < -0.3 is 20.5 Å². The zero-order valence-electron chi connectivity index (χ0n) is 14.1. The summed E-state index contributed by atoms with van der Waals surface area (Å²) in [5.41, 5.74) is 5.89. The summed E-state index contributed by atoms with van der Waals surface area (Å²) in [6, 6.07) is 0.574. The van der Waals surface area contributed by atoms with Crippen molar-refractivity contribution in [3.63, 3.8) is 0 Å². The number of hydrogen-bond donors (Lipinski definition) is 2. The van der Waals surface area contributed by atoms with Crippen molar-refractivity contribution in [3.05, 3.63) is 0 Å². The molecule has 0 aromatic carbocycles. The van der Waals surface area contributed by atoms with Crippen LogP contribution in [0.25, 0.3) is 0 Å². The number of aliphatic imine (C=N–C) groups is 1. The highest BCUT2D eigenvalue weighted by atomic mass is 127. The number of nitrogens with two attached hydrogens (primary N) is 1. The Labute approximate surface area is 152 Å². The Morgan fingerprint density at radius 2 is 2.14 bits per heavy atom. The molecule has 1 aliphatic rings. The van der Waals surface area contributed by atoms with Crippen molar-refractivity contribution < 1.29 is 9.47 Å². The highest BCUT2D eigenvalue weighted by Gasteiger charge is 2.22. The molecule has 132 valence electrons. The molecular formula is C15H33IN4O2. The van der Waals surface area contributed by atoms with Gasteiger partial charge in [-0.05, 0) is 38.8 Å². The highest BCUT2D eigenvalue weighted by Crippen LogP contribution is 2.16. The van der Waals surface area contributed by atoms with Gasteiger partial charge in [0.05, 0.1) is 19.8 Å². The number of likely N-dealkylation sites (tertiary alicyclic amines) is 1. The normalized spacial score (nSPS) is 19.2. The number of nitrogens with one attached hydrogen (secondary N) is 1. The second kappa shape index (κ2) is 14.5. The minimum atomic E-state index is 0. The molecule has 0 amide bonds. The van der Waals surface area contributed by atoms with Gasteiger partial charge in [0, 0.05) is 26.3 Å². The Morgan fingerprint density at radius 3 is 2.86 bits per heavy atom. The summed E-state index contributed by atoms with van der Waals surface area (Å²) in [5.74, 6) is 0.568. The van der Waals surface area contributed by atoms with Crippen molar-refractivity contribution in [2.75, 3.05) is 53.1 Å². The molecule has 1 atom stereocenters. The topological polar surface area (TPSA) is 72.1 Å². The molecule has 1 fully saturated rings. The van der Waals surface area contributed by atoms with Gasteiger partial charge in [0.1, 0.15) is 0 Å². The Bertz CT molecular complexity index is 293. The first kappa shape index (κ1) is 21.9. The average Bonchev–Trinajstić information content (AvgIpc) is 2.95. The van der Waals surface area contributed by atoms with Crippen molar-refractivity contribution >= 4 is 29.9 Å². The number of unbranched alkanes of at least 4 members (excludes halogenated alkanes) is 1. The lowest BCUT2D eigenvalue weighted by Gasteiger charge is -2.20. The minimum absolute atomic E-state index is 0. The van der Waals surface area contributed by atoms with Crippen LogP contribution in [0.1, 0.15) is 32.6 Å². The molecule has 0 saturated carbocycles. The molecule has 0 aliphatic carbocycles. The molecule has 6 nitrogen and oxygen atoms in total. The van der Waals surface area contributed by atoms with E-state index in [1.54, 1.807) is 7.11 Å². The van der Waals surface area contributed by atoms with Gasteiger partial charge in [-0.3, -0.25) is 9.89 Å². The molecule has 22 heavy (non-hydrogen) atoms. The number of rotatable bonds is 11. The number of methoxy groups -OCH3 is 1. The molecule has 1 unspecified atom stereocenters. The monoisotopic (exact) mass is 428 g/mol. The van der Waals surface area contributed by atoms with E-state index in [1.165, 1.54) is 19.4 Å². The first-order valence-corrected chi connectivity index (χ1v) is 8.12. The van der Waals surface area contributed by atoms with Gasteiger partial charge in [-0.15, -0.1) is 24.0 Å². The van der Waals surface area contributed by atoms with Crippen LogP contribution < -0.4 is 11.1 Å².